The molecule has 0 aliphatic carbocycles. The van der Waals surface area contributed by atoms with E-state index in [4.69, 9.17) is 0 Å². The second kappa shape index (κ2) is 4.57. The van der Waals surface area contributed by atoms with Crippen molar-refractivity contribution in [1.82, 2.24) is 0 Å². The molecule has 96 valence electrons. The first-order valence-corrected chi connectivity index (χ1v) is 8.03. The number of rotatable bonds is 0. The number of fused-ring (bicyclic) bond motifs is 6. The molecule has 0 atom stereocenters. The smallest absolute Gasteiger partial charge is 0.0261 e. The maximum Gasteiger partial charge on any atom is 0.0261 e. The van der Waals surface area contributed by atoms with Gasteiger partial charge in [-0.2, -0.15) is 0 Å². The van der Waals surface area contributed by atoms with E-state index in [9.17, 15) is 0 Å². The zero-order chi connectivity index (χ0) is 13.7. The van der Waals surface area contributed by atoms with Crippen molar-refractivity contribution in [3.63, 3.8) is 0 Å². The molecule has 4 aromatic carbocycles. The van der Waals surface area contributed by atoms with Gasteiger partial charge < -0.3 is 0 Å². The Kier molecular flexibility index (Phi) is 2.83. The fraction of sp³-hybridized carbons (Fsp3) is 0. The second-order valence-electron chi connectivity index (χ2n) is 4.87. The highest BCUT2D eigenvalue weighted by atomic mass is 79.9. The molecule has 20 heavy (non-hydrogen) atoms. The fourth-order valence-electron chi connectivity index (χ4n) is 2.95. The largest absolute Gasteiger partial charge is 0.0616 e. The number of hydrogen-bond acceptors (Lipinski definition) is 0. The topological polar surface area (TPSA) is 0 Å². The minimum atomic E-state index is 1.14. The molecule has 4 rings (SSSR count). The third kappa shape index (κ3) is 1.65. The van der Waals surface area contributed by atoms with Crippen LogP contribution in [0.2, 0.25) is 0 Å². The van der Waals surface area contributed by atoms with Gasteiger partial charge in [-0.3, -0.25) is 0 Å². The Morgan fingerprint density at radius 2 is 0.800 bits per heavy atom. The Balaban J connectivity index is 2.49. The molecule has 0 saturated heterocycles. The van der Waals surface area contributed by atoms with E-state index in [-0.39, 0.29) is 0 Å². The minimum Gasteiger partial charge on any atom is -0.0616 e. The normalized spacial score (nSPS) is 11.5. The van der Waals surface area contributed by atoms with Crippen LogP contribution in [0.15, 0.2) is 69.6 Å². The quantitative estimate of drug-likeness (QED) is 0.296. The summed E-state index contributed by atoms with van der Waals surface area (Å²) in [6, 6.07) is 21.4. The summed E-state index contributed by atoms with van der Waals surface area (Å²) >= 11 is 7.43. The van der Waals surface area contributed by atoms with Crippen LogP contribution in [0.25, 0.3) is 32.3 Å². The van der Waals surface area contributed by atoms with Crippen LogP contribution in [-0.4, -0.2) is 0 Å². The van der Waals surface area contributed by atoms with Crippen molar-refractivity contribution in [3.8, 4) is 0 Å². The molecule has 0 radical (unpaired) electrons. The van der Waals surface area contributed by atoms with Crippen molar-refractivity contribution in [1.29, 1.82) is 0 Å². The van der Waals surface area contributed by atoms with Crippen LogP contribution in [0.5, 0.6) is 0 Å². The molecule has 4 aromatic rings. The summed E-state index contributed by atoms with van der Waals surface area (Å²) in [6.45, 7) is 0. The van der Waals surface area contributed by atoms with Gasteiger partial charge in [-0.05, 0) is 33.7 Å². The molecule has 0 N–H and O–H groups in total. The third-order valence-corrected chi connectivity index (χ3v) is 5.11. The van der Waals surface area contributed by atoms with E-state index in [0.29, 0.717) is 0 Å². The standard InChI is InChI=1S/C18H10Br2/c19-15-9-10-16(20)18-14-8-4-2-6-12(14)11-5-1-3-7-13(11)17(15)18/h1-10H. The van der Waals surface area contributed by atoms with E-state index in [2.05, 4.69) is 92.5 Å². The predicted molar refractivity (Wildman–Crippen MR) is 94.4 cm³/mol. The van der Waals surface area contributed by atoms with Crippen LogP contribution in [-0.2, 0) is 0 Å². The molecular formula is C18H10Br2. The summed E-state index contributed by atoms with van der Waals surface area (Å²) in [7, 11) is 0. The number of halogens is 2. The summed E-state index contributed by atoms with van der Waals surface area (Å²) in [4.78, 5) is 0. The van der Waals surface area contributed by atoms with Gasteiger partial charge in [-0.25, -0.2) is 0 Å². The Hall–Kier alpha value is -1.38. The molecule has 2 heteroatoms. The number of hydrogen-bond donors (Lipinski definition) is 0. The van der Waals surface area contributed by atoms with E-state index in [1.165, 1.54) is 32.3 Å². The van der Waals surface area contributed by atoms with Gasteiger partial charge in [0.05, 0.1) is 0 Å². The molecule has 0 fully saturated rings. The summed E-state index contributed by atoms with van der Waals surface area (Å²) in [5.74, 6) is 0. The minimum absolute atomic E-state index is 1.14. The van der Waals surface area contributed by atoms with Crippen molar-refractivity contribution in [2.24, 2.45) is 0 Å². The maximum absolute atomic E-state index is 3.72. The van der Waals surface area contributed by atoms with Gasteiger partial charge in [0.1, 0.15) is 0 Å². The molecule has 0 spiro atoms. The summed E-state index contributed by atoms with van der Waals surface area (Å²) in [5, 5.41) is 7.72. The Bertz CT molecular complexity index is 891. The lowest BCUT2D eigenvalue weighted by Gasteiger charge is -2.12. The van der Waals surface area contributed by atoms with Crippen LogP contribution in [0.3, 0.4) is 0 Å². The maximum atomic E-state index is 3.72. The van der Waals surface area contributed by atoms with E-state index in [1.807, 2.05) is 0 Å². The first-order chi connectivity index (χ1) is 9.77. The average molecular weight is 386 g/mol. The zero-order valence-corrected chi connectivity index (χ0v) is 13.7. The lowest BCUT2D eigenvalue weighted by atomic mass is 9.94. The molecule has 0 unspecified atom stereocenters. The first-order valence-electron chi connectivity index (χ1n) is 6.44. The Morgan fingerprint density at radius 3 is 1.20 bits per heavy atom. The van der Waals surface area contributed by atoms with Crippen LogP contribution < -0.4 is 0 Å². The van der Waals surface area contributed by atoms with Crippen LogP contribution in [0.4, 0.5) is 0 Å². The number of benzene rings is 4. The predicted octanol–water partition coefficient (Wildman–Crippen LogP) is 6.67. The molecular weight excluding hydrogens is 376 g/mol. The Morgan fingerprint density at radius 1 is 0.450 bits per heavy atom. The molecule has 0 nitrogen and oxygen atoms in total. The molecule has 0 aliphatic rings. The van der Waals surface area contributed by atoms with E-state index >= 15 is 0 Å². The molecule has 0 heterocycles. The third-order valence-electron chi connectivity index (χ3n) is 3.79. The first kappa shape index (κ1) is 12.4. The second-order valence-corrected chi connectivity index (χ2v) is 6.58. The molecule has 0 aromatic heterocycles. The summed E-state index contributed by atoms with van der Waals surface area (Å²) in [6.07, 6.45) is 0. The van der Waals surface area contributed by atoms with Gasteiger partial charge in [0.2, 0.25) is 0 Å². The molecule has 0 amide bonds. The SMILES string of the molecule is Brc1ccc(Br)c2c3ccccc3c3ccccc3c12. The highest BCUT2D eigenvalue weighted by Crippen LogP contribution is 2.41. The van der Waals surface area contributed by atoms with Gasteiger partial charge in [0, 0.05) is 19.7 Å². The van der Waals surface area contributed by atoms with Gasteiger partial charge >= 0.3 is 0 Å². The lowest BCUT2D eigenvalue weighted by Crippen LogP contribution is -1.85. The van der Waals surface area contributed by atoms with Crippen LogP contribution >= 0.6 is 31.9 Å². The van der Waals surface area contributed by atoms with Gasteiger partial charge in [0.15, 0.2) is 0 Å². The van der Waals surface area contributed by atoms with Gasteiger partial charge in [0.25, 0.3) is 0 Å². The zero-order valence-electron chi connectivity index (χ0n) is 10.5. The van der Waals surface area contributed by atoms with Crippen LogP contribution in [0.1, 0.15) is 0 Å². The van der Waals surface area contributed by atoms with E-state index in [0.717, 1.165) is 8.95 Å². The van der Waals surface area contributed by atoms with Crippen LogP contribution in [0, 0.1) is 0 Å². The Labute approximate surface area is 133 Å². The average Bonchev–Trinajstić information content (AvgIpc) is 2.50. The van der Waals surface area contributed by atoms with Crippen molar-refractivity contribution in [3.05, 3.63) is 69.6 Å². The molecule has 0 bridgehead atoms. The monoisotopic (exact) mass is 384 g/mol. The summed E-state index contributed by atoms with van der Waals surface area (Å²) < 4.78 is 2.27. The highest BCUT2D eigenvalue weighted by Gasteiger charge is 2.12. The van der Waals surface area contributed by atoms with Gasteiger partial charge in [-0.1, -0.05) is 80.4 Å². The van der Waals surface area contributed by atoms with E-state index in [1.54, 1.807) is 0 Å². The fourth-order valence-corrected chi connectivity index (χ4v) is 4.04. The lowest BCUT2D eigenvalue weighted by molar-refractivity contribution is 1.71. The van der Waals surface area contributed by atoms with Crippen molar-refractivity contribution >= 4 is 64.2 Å². The van der Waals surface area contributed by atoms with E-state index < -0.39 is 0 Å². The highest BCUT2D eigenvalue weighted by molar-refractivity contribution is 9.11. The summed E-state index contributed by atoms with van der Waals surface area (Å²) in [5.41, 5.74) is 0. The van der Waals surface area contributed by atoms with Crippen molar-refractivity contribution in [2.45, 2.75) is 0 Å². The van der Waals surface area contributed by atoms with Crippen molar-refractivity contribution < 1.29 is 0 Å². The molecule has 0 saturated carbocycles. The van der Waals surface area contributed by atoms with Crippen molar-refractivity contribution in [2.75, 3.05) is 0 Å². The molecule has 0 aliphatic heterocycles. The van der Waals surface area contributed by atoms with Gasteiger partial charge in [-0.15, -0.1) is 0 Å².